The van der Waals surface area contributed by atoms with Crippen LogP contribution in [0.1, 0.15) is 41.6 Å². The number of hydrogen-bond acceptors (Lipinski definition) is 1. The highest BCUT2D eigenvalue weighted by Crippen LogP contribution is 2.52. The SMILES string of the molecule is CC1=CC2CC1CC2c1ccccc1C(=O)O. The van der Waals surface area contributed by atoms with Crippen LogP contribution in [0.25, 0.3) is 0 Å². The lowest BCUT2D eigenvalue weighted by Crippen LogP contribution is -2.11. The van der Waals surface area contributed by atoms with Crippen molar-refractivity contribution in [3.8, 4) is 0 Å². The largest absolute Gasteiger partial charge is 0.478 e. The Labute approximate surface area is 101 Å². The number of carboxylic acid groups (broad SMARTS) is 1. The standard InChI is InChI=1S/C15H16O2/c1-9-6-11-7-10(9)8-14(11)12-4-2-3-5-13(12)15(16)17/h2-6,10-11,14H,7-8H2,1H3,(H,16,17). The molecule has 0 aliphatic heterocycles. The monoisotopic (exact) mass is 228 g/mol. The molecule has 0 radical (unpaired) electrons. The summed E-state index contributed by atoms with van der Waals surface area (Å²) in [6.45, 7) is 2.20. The van der Waals surface area contributed by atoms with E-state index in [1.54, 1.807) is 12.1 Å². The second-order valence-electron chi connectivity index (χ2n) is 5.24. The highest BCUT2D eigenvalue weighted by atomic mass is 16.4. The number of allylic oxidation sites excluding steroid dienone is 2. The first-order valence-electron chi connectivity index (χ1n) is 6.17. The van der Waals surface area contributed by atoms with Crippen LogP contribution in [-0.2, 0) is 0 Å². The van der Waals surface area contributed by atoms with Crippen molar-refractivity contribution in [1.29, 1.82) is 0 Å². The average Bonchev–Trinajstić information content (AvgIpc) is 2.87. The molecule has 0 amide bonds. The second-order valence-corrected chi connectivity index (χ2v) is 5.24. The Morgan fingerprint density at radius 2 is 2.06 bits per heavy atom. The summed E-state index contributed by atoms with van der Waals surface area (Å²) in [5, 5.41) is 9.23. The Kier molecular flexibility index (Phi) is 2.32. The molecule has 2 nitrogen and oxygen atoms in total. The van der Waals surface area contributed by atoms with E-state index in [0.29, 0.717) is 23.3 Å². The zero-order chi connectivity index (χ0) is 12.0. The average molecular weight is 228 g/mol. The van der Waals surface area contributed by atoms with E-state index in [1.165, 1.54) is 12.0 Å². The third-order valence-electron chi connectivity index (χ3n) is 4.32. The molecule has 1 N–H and O–H groups in total. The van der Waals surface area contributed by atoms with E-state index in [0.717, 1.165) is 12.0 Å². The van der Waals surface area contributed by atoms with Gasteiger partial charge in [-0.2, -0.15) is 0 Å². The van der Waals surface area contributed by atoms with Crippen molar-refractivity contribution < 1.29 is 9.90 Å². The normalized spacial score (nSPS) is 30.4. The molecule has 1 aromatic carbocycles. The Morgan fingerprint density at radius 1 is 1.29 bits per heavy atom. The van der Waals surface area contributed by atoms with Gasteiger partial charge in [0.1, 0.15) is 0 Å². The number of carbonyl (C=O) groups is 1. The van der Waals surface area contributed by atoms with Gasteiger partial charge in [-0.1, -0.05) is 29.8 Å². The van der Waals surface area contributed by atoms with E-state index >= 15 is 0 Å². The molecule has 2 aliphatic rings. The molecule has 0 spiro atoms. The molecule has 0 aromatic heterocycles. The van der Waals surface area contributed by atoms with Crippen LogP contribution in [0.2, 0.25) is 0 Å². The van der Waals surface area contributed by atoms with Crippen molar-refractivity contribution in [3.63, 3.8) is 0 Å². The van der Waals surface area contributed by atoms with Gasteiger partial charge in [0.25, 0.3) is 0 Å². The van der Waals surface area contributed by atoms with Crippen molar-refractivity contribution in [2.24, 2.45) is 11.8 Å². The minimum Gasteiger partial charge on any atom is -0.478 e. The number of benzene rings is 1. The van der Waals surface area contributed by atoms with Gasteiger partial charge in [-0.15, -0.1) is 0 Å². The van der Waals surface area contributed by atoms with Crippen LogP contribution in [0.3, 0.4) is 0 Å². The first kappa shape index (κ1) is 10.6. The fraction of sp³-hybridized carbons (Fsp3) is 0.400. The number of fused-ring (bicyclic) bond motifs is 2. The van der Waals surface area contributed by atoms with Crippen LogP contribution in [0.15, 0.2) is 35.9 Å². The molecule has 0 saturated heterocycles. The molecule has 2 aliphatic carbocycles. The van der Waals surface area contributed by atoms with E-state index in [2.05, 4.69) is 13.0 Å². The van der Waals surface area contributed by atoms with E-state index in [1.807, 2.05) is 12.1 Å². The van der Waals surface area contributed by atoms with Gasteiger partial charge in [-0.05, 0) is 49.1 Å². The fourth-order valence-electron chi connectivity index (χ4n) is 3.47. The summed E-state index contributed by atoms with van der Waals surface area (Å²) in [5.74, 6) is 0.854. The van der Waals surface area contributed by atoms with Crippen LogP contribution < -0.4 is 0 Å². The van der Waals surface area contributed by atoms with Gasteiger partial charge in [0.05, 0.1) is 5.56 Å². The second kappa shape index (κ2) is 3.73. The van der Waals surface area contributed by atoms with Crippen molar-refractivity contribution in [1.82, 2.24) is 0 Å². The zero-order valence-electron chi connectivity index (χ0n) is 9.89. The molecule has 1 saturated carbocycles. The lowest BCUT2D eigenvalue weighted by Gasteiger charge is -2.22. The predicted molar refractivity (Wildman–Crippen MR) is 66.1 cm³/mol. The Morgan fingerprint density at radius 3 is 2.65 bits per heavy atom. The van der Waals surface area contributed by atoms with Crippen molar-refractivity contribution in [2.45, 2.75) is 25.7 Å². The fourth-order valence-corrected chi connectivity index (χ4v) is 3.47. The predicted octanol–water partition coefficient (Wildman–Crippen LogP) is 3.45. The summed E-state index contributed by atoms with van der Waals surface area (Å²) in [7, 11) is 0. The molecular weight excluding hydrogens is 212 g/mol. The molecule has 3 unspecified atom stereocenters. The number of rotatable bonds is 2. The van der Waals surface area contributed by atoms with Crippen LogP contribution >= 0.6 is 0 Å². The van der Waals surface area contributed by atoms with Gasteiger partial charge in [-0.25, -0.2) is 4.79 Å². The van der Waals surface area contributed by atoms with E-state index < -0.39 is 5.97 Å². The van der Waals surface area contributed by atoms with Gasteiger partial charge in [0, 0.05) is 0 Å². The minimum atomic E-state index is -0.802. The maximum Gasteiger partial charge on any atom is 0.335 e. The highest BCUT2D eigenvalue weighted by molar-refractivity contribution is 5.89. The van der Waals surface area contributed by atoms with Gasteiger partial charge < -0.3 is 5.11 Å². The molecule has 2 bridgehead atoms. The van der Waals surface area contributed by atoms with Gasteiger partial charge in [-0.3, -0.25) is 0 Å². The maximum absolute atomic E-state index is 11.2. The molecular formula is C15H16O2. The Bertz CT molecular complexity index is 501. The van der Waals surface area contributed by atoms with Crippen LogP contribution in [0.5, 0.6) is 0 Å². The van der Waals surface area contributed by atoms with E-state index in [9.17, 15) is 9.90 Å². The summed E-state index contributed by atoms with van der Waals surface area (Å²) in [4.78, 5) is 11.2. The summed E-state index contributed by atoms with van der Waals surface area (Å²) < 4.78 is 0. The van der Waals surface area contributed by atoms with Crippen molar-refractivity contribution in [2.75, 3.05) is 0 Å². The summed E-state index contributed by atoms with van der Waals surface area (Å²) in [6.07, 6.45) is 4.68. The molecule has 1 aromatic rings. The van der Waals surface area contributed by atoms with E-state index in [4.69, 9.17) is 0 Å². The van der Waals surface area contributed by atoms with Crippen LogP contribution in [0, 0.1) is 11.8 Å². The summed E-state index contributed by atoms with van der Waals surface area (Å²) >= 11 is 0. The smallest absolute Gasteiger partial charge is 0.335 e. The quantitative estimate of drug-likeness (QED) is 0.787. The lowest BCUT2D eigenvalue weighted by atomic mass is 9.82. The topological polar surface area (TPSA) is 37.3 Å². The molecule has 0 heterocycles. The molecule has 1 fully saturated rings. The maximum atomic E-state index is 11.2. The zero-order valence-corrected chi connectivity index (χ0v) is 9.89. The Hall–Kier alpha value is -1.57. The van der Waals surface area contributed by atoms with Crippen molar-refractivity contribution >= 4 is 5.97 Å². The molecule has 3 atom stereocenters. The third-order valence-corrected chi connectivity index (χ3v) is 4.32. The molecule has 3 rings (SSSR count). The number of aromatic carboxylic acids is 1. The van der Waals surface area contributed by atoms with Crippen LogP contribution in [0.4, 0.5) is 0 Å². The summed E-state index contributed by atoms with van der Waals surface area (Å²) in [5.41, 5.74) is 3.01. The van der Waals surface area contributed by atoms with Gasteiger partial charge >= 0.3 is 5.97 Å². The van der Waals surface area contributed by atoms with Gasteiger partial charge in [0.2, 0.25) is 0 Å². The van der Waals surface area contributed by atoms with Crippen molar-refractivity contribution in [3.05, 3.63) is 47.0 Å². The third kappa shape index (κ3) is 1.59. The number of hydrogen-bond donors (Lipinski definition) is 1. The highest BCUT2D eigenvalue weighted by Gasteiger charge is 2.40. The van der Waals surface area contributed by atoms with Crippen LogP contribution in [-0.4, -0.2) is 11.1 Å². The molecule has 88 valence electrons. The molecule has 17 heavy (non-hydrogen) atoms. The Balaban J connectivity index is 1.99. The molecule has 2 heteroatoms. The van der Waals surface area contributed by atoms with Gasteiger partial charge in [0.15, 0.2) is 0 Å². The number of carboxylic acids is 1. The first-order chi connectivity index (χ1) is 8.16. The first-order valence-corrected chi connectivity index (χ1v) is 6.17. The minimum absolute atomic E-state index is 0.413. The summed E-state index contributed by atoms with van der Waals surface area (Å²) in [6, 6.07) is 7.46. The van der Waals surface area contributed by atoms with E-state index in [-0.39, 0.29) is 0 Å². The lowest BCUT2D eigenvalue weighted by molar-refractivity contribution is 0.0695.